The molecule has 1 aliphatic rings. The average molecular weight is 358 g/mol. The lowest BCUT2D eigenvalue weighted by atomic mass is 10.1. The van der Waals surface area contributed by atoms with Gasteiger partial charge < -0.3 is 4.90 Å². The van der Waals surface area contributed by atoms with Crippen molar-refractivity contribution >= 4 is 21.6 Å². The maximum absolute atomic E-state index is 12.8. The summed E-state index contributed by atoms with van der Waals surface area (Å²) in [4.78, 5) is 14.6. The first kappa shape index (κ1) is 17.6. The largest absolute Gasteiger partial charge is 0.308 e. The van der Waals surface area contributed by atoms with E-state index in [4.69, 9.17) is 0 Å². The molecule has 0 saturated carbocycles. The molecule has 1 amide bonds. The maximum Gasteiger partial charge on any atom is 0.258 e. The highest BCUT2D eigenvalue weighted by molar-refractivity contribution is 7.89. The van der Waals surface area contributed by atoms with Crippen molar-refractivity contribution in [3.05, 3.63) is 64.7 Å². The zero-order chi connectivity index (χ0) is 18.0. The van der Waals surface area contributed by atoms with Gasteiger partial charge in [-0.2, -0.15) is 0 Å². The van der Waals surface area contributed by atoms with Gasteiger partial charge >= 0.3 is 0 Å². The summed E-state index contributed by atoms with van der Waals surface area (Å²) in [5.74, 6) is 0.0285. The van der Waals surface area contributed by atoms with Crippen LogP contribution < -0.4 is 9.62 Å². The Kier molecular flexibility index (Phi) is 4.92. The summed E-state index contributed by atoms with van der Waals surface area (Å²) in [5, 5.41) is 0. The third-order valence-corrected chi connectivity index (χ3v) is 5.81. The molecule has 1 N–H and O–H groups in total. The van der Waals surface area contributed by atoms with Crippen LogP contribution in [0.25, 0.3) is 0 Å². The Morgan fingerprint density at radius 3 is 2.56 bits per heavy atom. The summed E-state index contributed by atoms with van der Waals surface area (Å²) in [7, 11) is -3.24. The van der Waals surface area contributed by atoms with Crippen LogP contribution in [-0.4, -0.2) is 26.6 Å². The molecule has 3 rings (SSSR count). The van der Waals surface area contributed by atoms with E-state index in [0.29, 0.717) is 12.1 Å². The summed E-state index contributed by atoms with van der Waals surface area (Å²) in [6.07, 6.45) is 0.813. The number of hydrogen-bond acceptors (Lipinski definition) is 3. The van der Waals surface area contributed by atoms with E-state index in [1.54, 1.807) is 11.8 Å². The summed E-state index contributed by atoms with van der Waals surface area (Å²) in [6.45, 7) is 4.47. The maximum atomic E-state index is 12.8. The molecule has 1 aliphatic heterocycles. The smallest absolute Gasteiger partial charge is 0.258 e. The second-order valence-corrected chi connectivity index (χ2v) is 8.36. The number of nitrogens with zero attached hydrogens (tertiary/aromatic N) is 1. The van der Waals surface area contributed by atoms with Gasteiger partial charge in [-0.3, -0.25) is 4.79 Å². The first-order valence-corrected chi connectivity index (χ1v) is 10.0. The molecule has 0 atom stereocenters. The van der Waals surface area contributed by atoms with Crippen molar-refractivity contribution in [2.75, 3.05) is 17.2 Å². The third kappa shape index (κ3) is 3.91. The van der Waals surface area contributed by atoms with E-state index >= 15 is 0 Å². The van der Waals surface area contributed by atoms with E-state index < -0.39 is 10.0 Å². The quantitative estimate of drug-likeness (QED) is 0.893. The molecule has 0 aliphatic carbocycles. The molecule has 0 unspecified atom stereocenters. The van der Waals surface area contributed by atoms with Gasteiger partial charge in [0, 0.05) is 24.3 Å². The first-order valence-electron chi connectivity index (χ1n) is 8.37. The highest BCUT2D eigenvalue weighted by Gasteiger charge is 2.25. The van der Waals surface area contributed by atoms with Crippen LogP contribution in [0, 0.1) is 6.92 Å². The molecular weight excluding hydrogens is 336 g/mol. The van der Waals surface area contributed by atoms with E-state index in [2.05, 4.69) is 4.72 Å². The van der Waals surface area contributed by atoms with Crippen molar-refractivity contribution in [3.8, 4) is 0 Å². The Bertz CT molecular complexity index is 889. The number of sulfonamides is 1. The van der Waals surface area contributed by atoms with Crippen LogP contribution in [0.5, 0.6) is 0 Å². The summed E-state index contributed by atoms with van der Waals surface area (Å²) >= 11 is 0. The molecule has 0 bridgehead atoms. The van der Waals surface area contributed by atoms with Gasteiger partial charge in [-0.25, -0.2) is 13.1 Å². The number of benzene rings is 2. The van der Waals surface area contributed by atoms with Crippen molar-refractivity contribution in [2.45, 2.75) is 26.8 Å². The Morgan fingerprint density at radius 1 is 1.16 bits per heavy atom. The van der Waals surface area contributed by atoms with Crippen LogP contribution in [0.1, 0.15) is 34.0 Å². The Balaban J connectivity index is 1.82. The zero-order valence-electron chi connectivity index (χ0n) is 14.5. The molecule has 25 heavy (non-hydrogen) atoms. The van der Waals surface area contributed by atoms with Crippen molar-refractivity contribution in [1.29, 1.82) is 0 Å². The topological polar surface area (TPSA) is 66.5 Å². The van der Waals surface area contributed by atoms with Crippen molar-refractivity contribution in [3.63, 3.8) is 0 Å². The van der Waals surface area contributed by atoms with Gasteiger partial charge in [0.05, 0.1) is 5.75 Å². The Labute approximate surface area is 148 Å². The van der Waals surface area contributed by atoms with Crippen LogP contribution >= 0.6 is 0 Å². The fraction of sp³-hybridized carbons (Fsp3) is 0.316. The van der Waals surface area contributed by atoms with Gasteiger partial charge in [0.2, 0.25) is 10.0 Å². The molecule has 5 nitrogen and oxygen atoms in total. The third-order valence-electron chi connectivity index (χ3n) is 4.47. The van der Waals surface area contributed by atoms with E-state index in [0.717, 1.165) is 28.8 Å². The molecule has 0 saturated heterocycles. The lowest BCUT2D eigenvalue weighted by Gasteiger charge is -2.18. The molecule has 0 radical (unpaired) electrons. The lowest BCUT2D eigenvalue weighted by Crippen LogP contribution is -2.29. The minimum Gasteiger partial charge on any atom is -0.308 e. The fourth-order valence-electron chi connectivity index (χ4n) is 2.89. The predicted octanol–water partition coefficient (Wildman–Crippen LogP) is 2.64. The molecule has 132 valence electrons. The second-order valence-electron chi connectivity index (χ2n) is 6.26. The van der Waals surface area contributed by atoms with Crippen molar-refractivity contribution < 1.29 is 13.2 Å². The number of anilines is 1. The van der Waals surface area contributed by atoms with Gasteiger partial charge in [0.25, 0.3) is 5.91 Å². The van der Waals surface area contributed by atoms with Crippen molar-refractivity contribution in [1.82, 2.24) is 4.72 Å². The number of fused-ring (bicyclic) bond motifs is 1. The molecule has 2 aromatic rings. The molecule has 0 aromatic heterocycles. The number of carbonyl (C=O) groups is 1. The highest BCUT2D eigenvalue weighted by atomic mass is 32.2. The van der Waals surface area contributed by atoms with E-state index in [1.165, 1.54) is 0 Å². The number of carbonyl (C=O) groups excluding carboxylic acids is 1. The summed E-state index contributed by atoms with van der Waals surface area (Å²) in [6, 6.07) is 13.3. The number of aryl methyl sites for hydroxylation is 1. The second kappa shape index (κ2) is 6.98. The van der Waals surface area contributed by atoms with Crippen LogP contribution in [0.4, 0.5) is 5.69 Å². The SMILES string of the molecule is CCS(=O)(=O)NCc1ccc2c(c1)N(C(=O)c1ccc(C)cc1)CC2. The molecule has 0 spiro atoms. The van der Waals surface area contributed by atoms with E-state index in [-0.39, 0.29) is 18.2 Å². The summed E-state index contributed by atoms with van der Waals surface area (Å²) < 4.78 is 25.8. The van der Waals surface area contributed by atoms with E-state index in [9.17, 15) is 13.2 Å². The molecule has 2 aromatic carbocycles. The van der Waals surface area contributed by atoms with E-state index in [1.807, 2.05) is 49.4 Å². The van der Waals surface area contributed by atoms with Gasteiger partial charge in [0.15, 0.2) is 0 Å². The Morgan fingerprint density at radius 2 is 1.88 bits per heavy atom. The highest BCUT2D eigenvalue weighted by Crippen LogP contribution is 2.30. The Hall–Kier alpha value is -2.18. The van der Waals surface area contributed by atoms with Gasteiger partial charge in [-0.1, -0.05) is 29.8 Å². The number of nitrogens with one attached hydrogen (secondary N) is 1. The van der Waals surface area contributed by atoms with Crippen LogP contribution in [-0.2, 0) is 23.0 Å². The average Bonchev–Trinajstić information content (AvgIpc) is 3.03. The minimum absolute atomic E-state index is 0.0231. The molecule has 6 heteroatoms. The molecule has 1 heterocycles. The zero-order valence-corrected chi connectivity index (χ0v) is 15.3. The molecular formula is C19H22N2O3S. The monoisotopic (exact) mass is 358 g/mol. The number of hydrogen-bond donors (Lipinski definition) is 1. The van der Waals surface area contributed by atoms with Gasteiger partial charge in [-0.05, 0) is 49.6 Å². The van der Waals surface area contributed by atoms with Crippen molar-refractivity contribution in [2.24, 2.45) is 0 Å². The van der Waals surface area contributed by atoms with Gasteiger partial charge in [-0.15, -0.1) is 0 Å². The van der Waals surface area contributed by atoms with Crippen LogP contribution in [0.2, 0.25) is 0 Å². The predicted molar refractivity (Wildman–Crippen MR) is 99.3 cm³/mol. The standard InChI is InChI=1S/C19H22N2O3S/c1-3-25(23,24)20-13-15-6-9-16-10-11-21(18(16)12-15)19(22)17-7-4-14(2)5-8-17/h4-9,12,20H,3,10-11,13H2,1-2H3. The first-order chi connectivity index (χ1) is 11.9. The molecule has 0 fully saturated rings. The minimum atomic E-state index is -3.24. The number of amides is 1. The van der Waals surface area contributed by atoms with Crippen LogP contribution in [0.15, 0.2) is 42.5 Å². The van der Waals surface area contributed by atoms with Crippen LogP contribution in [0.3, 0.4) is 0 Å². The lowest BCUT2D eigenvalue weighted by molar-refractivity contribution is 0.0989. The number of rotatable bonds is 5. The van der Waals surface area contributed by atoms with Gasteiger partial charge in [0.1, 0.15) is 0 Å². The normalized spacial score (nSPS) is 13.8. The fourth-order valence-corrected chi connectivity index (χ4v) is 3.48. The summed E-state index contributed by atoms with van der Waals surface area (Å²) in [5.41, 5.74) is 4.61.